The maximum absolute atomic E-state index is 12.8. The Morgan fingerprint density at radius 1 is 1.15 bits per heavy atom. The molecule has 9 nitrogen and oxygen atoms in total. The summed E-state index contributed by atoms with van der Waals surface area (Å²) in [6, 6.07) is 2.48. The number of rotatable bonds is 4. The summed E-state index contributed by atoms with van der Waals surface area (Å²) in [4.78, 5) is 25.7. The molecule has 3 heterocycles. The number of sulfonamides is 1. The van der Waals surface area contributed by atoms with Crippen LogP contribution in [0.5, 0.6) is 0 Å². The number of nitrogens with zero attached hydrogens (tertiary/aromatic N) is 2. The predicted octanol–water partition coefficient (Wildman–Crippen LogP) is -0.399. The van der Waals surface area contributed by atoms with Crippen LogP contribution in [0.15, 0.2) is 21.6 Å². The van der Waals surface area contributed by atoms with Gasteiger partial charge in [0, 0.05) is 32.1 Å². The molecule has 10 heteroatoms. The molecule has 4 rings (SSSR count). The van der Waals surface area contributed by atoms with E-state index in [4.69, 9.17) is 10.2 Å². The van der Waals surface area contributed by atoms with Crippen LogP contribution in [-0.4, -0.2) is 68.7 Å². The van der Waals surface area contributed by atoms with Gasteiger partial charge < -0.3 is 20.4 Å². The Morgan fingerprint density at radius 3 is 2.41 bits per heavy atom. The molecule has 0 bridgehead atoms. The van der Waals surface area contributed by atoms with E-state index >= 15 is 0 Å². The summed E-state index contributed by atoms with van der Waals surface area (Å²) in [5.74, 6) is -0.763. The van der Waals surface area contributed by atoms with E-state index in [1.807, 2.05) is 0 Å². The van der Waals surface area contributed by atoms with Gasteiger partial charge in [0.2, 0.25) is 11.0 Å². The minimum absolute atomic E-state index is 0.0888. The third-order valence-electron chi connectivity index (χ3n) is 6.06. The van der Waals surface area contributed by atoms with Crippen LogP contribution in [-0.2, 0) is 14.8 Å². The van der Waals surface area contributed by atoms with Gasteiger partial charge in [0.15, 0.2) is 5.76 Å². The summed E-state index contributed by atoms with van der Waals surface area (Å²) in [5.41, 5.74) is 5.28. The number of piperazine rings is 1. The molecule has 1 unspecified atom stereocenters. The molecule has 1 saturated carbocycles. The van der Waals surface area contributed by atoms with E-state index < -0.39 is 15.9 Å². The number of carbonyl (C=O) groups is 2. The van der Waals surface area contributed by atoms with Crippen molar-refractivity contribution in [1.29, 1.82) is 0 Å². The maximum atomic E-state index is 12.8. The number of carbonyl (C=O) groups excluding carboxylic acids is 2. The van der Waals surface area contributed by atoms with Gasteiger partial charge in [-0.25, -0.2) is 8.42 Å². The molecule has 2 amide bonds. The van der Waals surface area contributed by atoms with Crippen molar-refractivity contribution in [2.24, 2.45) is 17.1 Å². The molecule has 1 atom stereocenters. The zero-order valence-electron chi connectivity index (χ0n) is 15.0. The Bertz CT molecular complexity index is 850. The molecule has 148 valence electrons. The van der Waals surface area contributed by atoms with Crippen LogP contribution in [0.4, 0.5) is 0 Å². The average Bonchev–Trinajstić information content (AvgIpc) is 3.11. The fourth-order valence-corrected chi connectivity index (χ4v) is 5.60. The molecular formula is C17H24N4O5S. The van der Waals surface area contributed by atoms with Crippen LogP contribution >= 0.6 is 0 Å². The minimum atomic E-state index is -3.84. The second-order valence-electron chi connectivity index (χ2n) is 7.58. The first kappa shape index (κ1) is 18.5. The standard InChI is InChI=1S/C17H24N4O5S/c18-15(22)13-1-2-14(26-13)27(24,25)21-9-7-20(8-10-21)16(23)12-11-17(12)3-5-19-6-4-17/h1-2,12,19H,3-11H2,(H2,18,22). The van der Waals surface area contributed by atoms with Gasteiger partial charge in [0.1, 0.15) is 0 Å². The van der Waals surface area contributed by atoms with Crippen LogP contribution < -0.4 is 11.1 Å². The molecule has 1 aliphatic carbocycles. The number of amides is 2. The Labute approximate surface area is 157 Å². The van der Waals surface area contributed by atoms with Crippen LogP contribution in [0.3, 0.4) is 0 Å². The maximum Gasteiger partial charge on any atom is 0.284 e. The second kappa shape index (κ2) is 6.61. The summed E-state index contributed by atoms with van der Waals surface area (Å²) in [6.45, 7) is 3.08. The molecule has 1 aromatic heterocycles. The molecule has 2 saturated heterocycles. The van der Waals surface area contributed by atoms with Crippen molar-refractivity contribution < 1.29 is 22.4 Å². The van der Waals surface area contributed by atoms with Crippen molar-refractivity contribution in [1.82, 2.24) is 14.5 Å². The third-order valence-corrected chi connectivity index (χ3v) is 7.83. The number of hydrogen-bond acceptors (Lipinski definition) is 6. The summed E-state index contributed by atoms with van der Waals surface area (Å²) in [6.07, 6.45) is 3.03. The Hall–Kier alpha value is -1.91. The highest BCUT2D eigenvalue weighted by Crippen LogP contribution is 2.59. The summed E-state index contributed by atoms with van der Waals surface area (Å²) < 4.78 is 31.7. The van der Waals surface area contributed by atoms with E-state index in [0.717, 1.165) is 32.4 Å². The zero-order chi connectivity index (χ0) is 19.2. The molecule has 2 aliphatic heterocycles. The van der Waals surface area contributed by atoms with E-state index in [2.05, 4.69) is 5.32 Å². The fourth-order valence-electron chi connectivity index (χ4n) is 4.26. The molecule has 0 aromatic carbocycles. The van der Waals surface area contributed by atoms with Gasteiger partial charge in [-0.1, -0.05) is 0 Å². The number of piperidine rings is 1. The first-order chi connectivity index (χ1) is 12.8. The van der Waals surface area contributed by atoms with Gasteiger partial charge in [-0.2, -0.15) is 4.31 Å². The average molecular weight is 396 g/mol. The zero-order valence-corrected chi connectivity index (χ0v) is 15.8. The highest BCUT2D eigenvalue weighted by atomic mass is 32.2. The summed E-state index contributed by atoms with van der Waals surface area (Å²) >= 11 is 0. The Balaban J connectivity index is 1.37. The molecule has 0 radical (unpaired) electrons. The number of furan rings is 1. The Morgan fingerprint density at radius 2 is 1.81 bits per heavy atom. The van der Waals surface area contributed by atoms with Crippen molar-refractivity contribution in [3.05, 3.63) is 17.9 Å². The van der Waals surface area contributed by atoms with Crippen LogP contribution in [0, 0.1) is 11.3 Å². The van der Waals surface area contributed by atoms with Gasteiger partial charge in [-0.3, -0.25) is 9.59 Å². The van der Waals surface area contributed by atoms with Crippen molar-refractivity contribution in [3.8, 4) is 0 Å². The topological polar surface area (TPSA) is 126 Å². The molecule has 3 aliphatic rings. The van der Waals surface area contributed by atoms with E-state index in [-0.39, 0.29) is 41.2 Å². The normalized spacial score (nSPS) is 25.5. The van der Waals surface area contributed by atoms with E-state index in [1.54, 1.807) is 4.90 Å². The first-order valence-corrected chi connectivity index (χ1v) is 10.7. The first-order valence-electron chi connectivity index (χ1n) is 9.23. The molecular weight excluding hydrogens is 372 g/mol. The molecule has 3 fully saturated rings. The lowest BCUT2D eigenvalue weighted by Gasteiger charge is -2.34. The lowest BCUT2D eigenvalue weighted by Crippen LogP contribution is -2.51. The lowest BCUT2D eigenvalue weighted by molar-refractivity contribution is -0.134. The van der Waals surface area contributed by atoms with Crippen LogP contribution in [0.1, 0.15) is 29.8 Å². The van der Waals surface area contributed by atoms with E-state index in [1.165, 1.54) is 16.4 Å². The largest absolute Gasteiger partial charge is 0.438 e. The third kappa shape index (κ3) is 3.26. The van der Waals surface area contributed by atoms with Gasteiger partial charge in [0.25, 0.3) is 15.9 Å². The van der Waals surface area contributed by atoms with E-state index in [9.17, 15) is 18.0 Å². The second-order valence-corrected chi connectivity index (χ2v) is 9.45. The number of hydrogen-bond donors (Lipinski definition) is 2. The lowest BCUT2D eigenvalue weighted by atomic mass is 9.91. The SMILES string of the molecule is NC(=O)c1ccc(S(=O)(=O)N2CCN(C(=O)C3CC34CCNCC4)CC2)o1. The van der Waals surface area contributed by atoms with E-state index in [0.29, 0.717) is 13.1 Å². The summed E-state index contributed by atoms with van der Waals surface area (Å²) in [5, 5.41) is 3.03. The van der Waals surface area contributed by atoms with Gasteiger partial charge in [-0.05, 0) is 49.9 Å². The van der Waals surface area contributed by atoms with Crippen LogP contribution in [0.2, 0.25) is 0 Å². The van der Waals surface area contributed by atoms with Crippen molar-refractivity contribution in [2.75, 3.05) is 39.3 Å². The monoisotopic (exact) mass is 396 g/mol. The highest BCUT2D eigenvalue weighted by molar-refractivity contribution is 7.89. The van der Waals surface area contributed by atoms with Crippen molar-refractivity contribution in [2.45, 2.75) is 24.4 Å². The molecule has 27 heavy (non-hydrogen) atoms. The quantitative estimate of drug-likeness (QED) is 0.713. The molecule has 1 spiro atoms. The number of primary amides is 1. The molecule has 3 N–H and O–H groups in total. The number of nitrogens with one attached hydrogen (secondary N) is 1. The molecule has 1 aromatic rings. The predicted molar refractivity (Wildman–Crippen MR) is 95.2 cm³/mol. The highest BCUT2D eigenvalue weighted by Gasteiger charge is 2.58. The smallest absolute Gasteiger partial charge is 0.284 e. The van der Waals surface area contributed by atoms with Gasteiger partial charge in [-0.15, -0.1) is 0 Å². The fraction of sp³-hybridized carbons (Fsp3) is 0.647. The van der Waals surface area contributed by atoms with Crippen molar-refractivity contribution in [3.63, 3.8) is 0 Å². The van der Waals surface area contributed by atoms with Gasteiger partial charge >= 0.3 is 0 Å². The van der Waals surface area contributed by atoms with Crippen molar-refractivity contribution >= 4 is 21.8 Å². The minimum Gasteiger partial charge on any atom is -0.438 e. The number of nitrogens with two attached hydrogens (primary N) is 1. The van der Waals surface area contributed by atoms with Gasteiger partial charge in [0.05, 0.1) is 0 Å². The summed E-state index contributed by atoms with van der Waals surface area (Å²) in [7, 11) is -3.84. The van der Waals surface area contributed by atoms with Crippen LogP contribution in [0.25, 0.3) is 0 Å². The Kier molecular flexibility index (Phi) is 4.52.